The molecule has 0 bridgehead atoms. The highest BCUT2D eigenvalue weighted by Gasteiger charge is 2.30. The quantitative estimate of drug-likeness (QED) is 0.0415. The lowest BCUT2D eigenvalue weighted by Gasteiger charge is -2.22. The van der Waals surface area contributed by atoms with Crippen molar-refractivity contribution in [2.75, 3.05) is 65.9 Å². The van der Waals surface area contributed by atoms with Crippen LogP contribution in [0.5, 0.6) is 0 Å². The Bertz CT molecular complexity index is 2470. The van der Waals surface area contributed by atoms with E-state index in [2.05, 4.69) is 36.6 Å². The number of aromatic nitrogens is 2. The van der Waals surface area contributed by atoms with Crippen molar-refractivity contribution in [2.24, 2.45) is 17.6 Å². The van der Waals surface area contributed by atoms with Crippen LogP contribution in [-0.2, 0) is 87.7 Å². The summed E-state index contributed by atoms with van der Waals surface area (Å²) in [6.45, 7) is 1.34. The molecule has 31 nitrogen and oxygen atoms in total. The lowest BCUT2D eigenvalue weighted by atomic mass is 9.92. The van der Waals surface area contributed by atoms with Crippen LogP contribution < -0.4 is 32.3 Å². The number of nitrogens with two attached hydrogens (primary N) is 1. The molecule has 0 saturated heterocycles. The van der Waals surface area contributed by atoms with Gasteiger partial charge < -0.3 is 86.9 Å². The van der Waals surface area contributed by atoms with Gasteiger partial charge in [-0.1, -0.05) is 83.5 Å². The van der Waals surface area contributed by atoms with E-state index in [0.29, 0.717) is 31.4 Å². The maximum atomic E-state index is 13.1. The Morgan fingerprint density at radius 3 is 1.54 bits per heavy atom. The molecule has 0 radical (unpaired) electrons. The van der Waals surface area contributed by atoms with Gasteiger partial charge in [0.1, 0.15) is 36.9 Å². The van der Waals surface area contributed by atoms with E-state index in [9.17, 15) is 87.9 Å². The maximum Gasteiger partial charge on any atom is 0.328 e. The van der Waals surface area contributed by atoms with Gasteiger partial charge in [-0.3, -0.25) is 47.9 Å². The minimum atomic E-state index is -1.58. The minimum Gasteiger partial charge on any atom is -0.481 e. The summed E-state index contributed by atoms with van der Waals surface area (Å²) < 4.78 is 21.4. The number of imidazole rings is 1. The Kier molecular flexibility index (Phi) is 49.5. The number of hydrogen-bond acceptors (Lipinski definition) is 20. The molecule has 1 heterocycles. The third kappa shape index (κ3) is 46.7. The van der Waals surface area contributed by atoms with Crippen LogP contribution >= 0.6 is 0 Å². The molecule has 0 aromatic carbocycles. The largest absolute Gasteiger partial charge is 0.481 e. The second-order valence-electron chi connectivity index (χ2n) is 24.0. The number of carbonyl (C=O) groups excluding carboxylic acids is 8. The van der Waals surface area contributed by atoms with Crippen LogP contribution in [0.25, 0.3) is 0 Å². The summed E-state index contributed by atoms with van der Waals surface area (Å²) >= 11 is 0. The van der Waals surface area contributed by atoms with Crippen molar-refractivity contribution in [3.63, 3.8) is 0 Å². The van der Waals surface area contributed by atoms with Crippen molar-refractivity contribution >= 4 is 76.7 Å². The number of carbonyl (C=O) groups is 13. The third-order valence-corrected chi connectivity index (χ3v) is 15.6. The van der Waals surface area contributed by atoms with Crippen LogP contribution in [0.15, 0.2) is 12.5 Å². The van der Waals surface area contributed by atoms with Gasteiger partial charge in [0.2, 0.25) is 29.5 Å². The van der Waals surface area contributed by atoms with E-state index in [4.69, 9.17) is 29.8 Å². The number of nitrogens with zero attached hydrogens (tertiary/aromatic N) is 1. The van der Waals surface area contributed by atoms with E-state index in [1.165, 1.54) is 45.1 Å². The third-order valence-electron chi connectivity index (χ3n) is 15.6. The van der Waals surface area contributed by atoms with Crippen LogP contribution in [0.2, 0.25) is 0 Å². The number of hydrogen-bond donors (Lipinski definition) is 13. The van der Waals surface area contributed by atoms with E-state index in [1.54, 1.807) is 0 Å². The molecule has 1 rings (SSSR count). The molecule has 7 atom stereocenters. The van der Waals surface area contributed by atoms with Gasteiger partial charge in [-0.25, -0.2) is 19.4 Å². The number of carboxylic acids is 5. The van der Waals surface area contributed by atoms with Gasteiger partial charge in [0.25, 0.3) is 0 Å². The highest BCUT2D eigenvalue weighted by Crippen LogP contribution is 2.20. The van der Waals surface area contributed by atoms with Gasteiger partial charge in [-0.2, -0.15) is 0 Å². The first-order valence-corrected chi connectivity index (χ1v) is 33.7. The molecule has 14 N–H and O–H groups in total. The number of aromatic amines is 1. The van der Waals surface area contributed by atoms with E-state index >= 15 is 0 Å². The molecule has 1 aromatic heterocycles. The Morgan fingerprint density at radius 2 is 0.990 bits per heavy atom. The summed E-state index contributed by atoms with van der Waals surface area (Å²) in [5.74, 6) is -12.0. The normalized spacial score (nSPS) is 13.4. The Hall–Kier alpha value is -7.32. The number of H-pyrrole nitrogens is 1. The topological polar surface area (TPSA) is 495 Å². The smallest absolute Gasteiger partial charge is 0.328 e. The van der Waals surface area contributed by atoms with E-state index in [-0.39, 0.29) is 154 Å². The molecule has 96 heavy (non-hydrogen) atoms. The molecule has 0 spiro atoms. The maximum absolute atomic E-state index is 13.1. The molecule has 0 fully saturated rings. The lowest BCUT2D eigenvalue weighted by molar-refractivity contribution is -0.145. The summed E-state index contributed by atoms with van der Waals surface area (Å²) in [6, 6.07) is -5.15. The summed E-state index contributed by atoms with van der Waals surface area (Å²) in [5.41, 5.74) is 6.70. The number of carboxylic acid groups (broad SMARTS) is 5. The Morgan fingerprint density at radius 1 is 0.469 bits per heavy atom. The number of aliphatic hydroxyl groups is 1. The van der Waals surface area contributed by atoms with Crippen molar-refractivity contribution in [1.29, 1.82) is 0 Å². The molecule has 0 aliphatic heterocycles. The number of ether oxygens (including phenoxy) is 4. The van der Waals surface area contributed by atoms with Crippen molar-refractivity contribution in [2.45, 2.75) is 236 Å². The second kappa shape index (κ2) is 54.8. The molecule has 5 amide bonds. The molecular weight excluding hydrogens is 1260 g/mol. The number of aliphatic hydroxyl groups excluding tert-OH is 1. The monoisotopic (exact) mass is 1370 g/mol. The predicted octanol–water partition coefficient (Wildman–Crippen LogP) is 3.48. The number of unbranched alkanes of at least 4 members (excludes halogenated alkanes) is 14. The Balaban J connectivity index is 2.17. The average Bonchev–Trinajstić information content (AvgIpc) is 1.26. The van der Waals surface area contributed by atoms with Crippen molar-refractivity contribution in [3.05, 3.63) is 18.2 Å². The van der Waals surface area contributed by atoms with E-state index in [0.717, 1.165) is 57.8 Å². The standard InChI is InChI=1S/C65H108N8O23/c1-45(74)60(65(91)92)73-61(84)46(23-28-54(77)51(66)40-48-41-67-44-70-48)19-16-17-31-68-56(79)30-27-53(64(89)90)72-58(81)43-96-38-35-93-33-18-20-50(76)42-95-37-36-94-34-32-69-55(78)29-24-47(62(85)86)39-49(75)25-26-52(63(87)88)71-57(80)21-14-12-10-8-6-4-2-3-5-7-9-11-13-15-22-59(82)83/h41,44-47,51-53,60,74H,2-40,42-43,66H2,1H3,(H,67,70)(H,68,79)(H,69,78)(H,71,80)(H,72,81)(H,73,84)(H,82,83)(H,85,86)(H,87,88)(H,89,90)(H,91,92)/t45-,46-,47-,51+,52+,53+,60+/m1/s1. The zero-order chi connectivity index (χ0) is 71.3. The van der Waals surface area contributed by atoms with Crippen LogP contribution in [0, 0.1) is 11.8 Å². The lowest BCUT2D eigenvalue weighted by Crippen LogP contribution is -2.49. The average molecular weight is 1370 g/mol. The number of ketones is 3. The molecule has 0 aliphatic rings. The fourth-order valence-corrected chi connectivity index (χ4v) is 10.0. The molecule has 1 aromatic rings. The first-order valence-electron chi connectivity index (χ1n) is 33.7. The van der Waals surface area contributed by atoms with Gasteiger partial charge in [0.15, 0.2) is 11.8 Å². The van der Waals surface area contributed by atoms with E-state index in [1.807, 2.05) is 0 Å². The summed E-state index contributed by atoms with van der Waals surface area (Å²) in [6.07, 6.45) is 16.3. The van der Waals surface area contributed by atoms with E-state index < -0.39 is 120 Å². The predicted molar refractivity (Wildman–Crippen MR) is 346 cm³/mol. The van der Waals surface area contributed by atoms with Crippen LogP contribution in [-0.4, -0.2) is 214 Å². The summed E-state index contributed by atoms with van der Waals surface area (Å²) in [7, 11) is 0. The van der Waals surface area contributed by atoms with Crippen LogP contribution in [0.1, 0.15) is 205 Å². The SMILES string of the molecule is C[C@@H](O)[C@H](NC(=O)[C@H](CCCCNC(=O)CC[C@H](NC(=O)COCCOCCCC(=O)COCCOCCNC(=O)CC[C@H](CC(=O)CC[C@H](NC(=O)CCCCCCCCCCCCCCCCC(=O)O)C(=O)O)C(=O)O)C(=O)O)CCC(=O)[C@@H](N)Cc1cnc[nH]1)C(=O)O. The summed E-state index contributed by atoms with van der Waals surface area (Å²) in [4.78, 5) is 165. The summed E-state index contributed by atoms with van der Waals surface area (Å²) in [5, 5.41) is 69.3. The number of rotatable bonds is 65. The number of Topliss-reactive ketones (excluding diaryl/α,β-unsaturated/α-hetero) is 3. The fraction of sp³-hybridized carbons (Fsp3) is 0.754. The Labute approximate surface area is 561 Å². The highest BCUT2D eigenvalue weighted by atomic mass is 16.5. The highest BCUT2D eigenvalue weighted by molar-refractivity contribution is 5.89. The zero-order valence-corrected chi connectivity index (χ0v) is 55.8. The molecule has 0 saturated carbocycles. The first kappa shape index (κ1) is 86.7. The first-order chi connectivity index (χ1) is 45.9. The van der Waals surface area contributed by atoms with Crippen LogP contribution in [0.3, 0.4) is 0 Å². The second-order valence-corrected chi connectivity index (χ2v) is 24.0. The molecule has 31 heteroatoms. The van der Waals surface area contributed by atoms with Crippen molar-refractivity contribution in [1.82, 2.24) is 36.6 Å². The van der Waals surface area contributed by atoms with Gasteiger partial charge in [0.05, 0.1) is 57.4 Å². The molecule has 0 aliphatic carbocycles. The number of aliphatic carboxylic acids is 5. The van der Waals surface area contributed by atoms with Crippen molar-refractivity contribution in [3.8, 4) is 0 Å². The minimum absolute atomic E-state index is 0.0187. The van der Waals surface area contributed by atoms with Crippen molar-refractivity contribution < 1.29 is 112 Å². The molecule has 0 unspecified atom stereocenters. The molecular formula is C65H108N8O23. The number of nitrogens with one attached hydrogen (secondary N) is 6. The van der Waals surface area contributed by atoms with Gasteiger partial charge in [-0.05, 0) is 64.7 Å². The number of amides is 5. The molecule has 546 valence electrons. The fourth-order valence-electron chi connectivity index (χ4n) is 10.0. The van der Waals surface area contributed by atoms with Gasteiger partial charge >= 0.3 is 29.8 Å². The zero-order valence-electron chi connectivity index (χ0n) is 55.8. The van der Waals surface area contributed by atoms with Crippen LogP contribution in [0.4, 0.5) is 0 Å². The van der Waals surface area contributed by atoms with Gasteiger partial charge in [-0.15, -0.1) is 0 Å². The van der Waals surface area contributed by atoms with Gasteiger partial charge in [0, 0.05) is 95.3 Å².